The first-order valence-electron chi connectivity index (χ1n) is 6.09. The van der Waals surface area contributed by atoms with Crippen LogP contribution in [0.4, 0.5) is 10.1 Å². The molecule has 110 valence electrons. The molecule has 0 aromatic heterocycles. The van der Waals surface area contributed by atoms with Crippen molar-refractivity contribution < 1.29 is 23.8 Å². The number of carboxylic acids is 1. The first-order valence-corrected chi connectivity index (χ1v) is 6.09. The number of halogens is 1. The molecule has 1 aromatic rings. The highest BCUT2D eigenvalue weighted by molar-refractivity contribution is 5.91. The molecule has 0 saturated carbocycles. The molecule has 1 rings (SSSR count). The third-order valence-electron chi connectivity index (χ3n) is 2.70. The molecule has 0 radical (unpaired) electrons. The van der Waals surface area contributed by atoms with Gasteiger partial charge in [-0.1, -0.05) is 13.8 Å². The standard InChI is InChI=1S/C14H18FNO4/c1-14(2,8-13(18)19)7-12(17)16-9-4-5-10(15)11(6-9)20-3/h4-6H,7-8H2,1-3H3,(H,16,17)(H,18,19). The monoisotopic (exact) mass is 283 g/mol. The van der Waals surface area contributed by atoms with Gasteiger partial charge in [-0.25, -0.2) is 4.39 Å². The lowest BCUT2D eigenvalue weighted by Gasteiger charge is -2.21. The molecule has 0 aliphatic rings. The minimum absolute atomic E-state index is 0.0348. The highest BCUT2D eigenvalue weighted by atomic mass is 19.1. The van der Waals surface area contributed by atoms with Crippen LogP contribution in [-0.4, -0.2) is 24.1 Å². The summed E-state index contributed by atoms with van der Waals surface area (Å²) in [5.74, 6) is -1.76. The van der Waals surface area contributed by atoms with Crippen LogP contribution in [-0.2, 0) is 9.59 Å². The lowest BCUT2D eigenvalue weighted by atomic mass is 9.85. The van der Waals surface area contributed by atoms with Crippen LogP contribution in [0.2, 0.25) is 0 Å². The zero-order chi connectivity index (χ0) is 15.3. The van der Waals surface area contributed by atoms with E-state index in [4.69, 9.17) is 9.84 Å². The average Bonchev–Trinajstić information content (AvgIpc) is 2.28. The summed E-state index contributed by atoms with van der Waals surface area (Å²) < 4.78 is 18.0. The number of anilines is 1. The third-order valence-corrected chi connectivity index (χ3v) is 2.70. The predicted molar refractivity (Wildman–Crippen MR) is 72.2 cm³/mol. The molecule has 0 unspecified atom stereocenters. The van der Waals surface area contributed by atoms with Crippen molar-refractivity contribution in [1.82, 2.24) is 0 Å². The lowest BCUT2D eigenvalue weighted by molar-refractivity contribution is -0.139. The Kier molecular flexibility index (Phi) is 5.07. The number of carbonyl (C=O) groups is 2. The Morgan fingerprint density at radius 1 is 1.35 bits per heavy atom. The third kappa shape index (κ3) is 4.87. The summed E-state index contributed by atoms with van der Waals surface area (Å²) in [6, 6.07) is 3.98. The smallest absolute Gasteiger partial charge is 0.303 e. The van der Waals surface area contributed by atoms with E-state index in [0.717, 1.165) is 0 Å². The van der Waals surface area contributed by atoms with Gasteiger partial charge in [0.2, 0.25) is 5.91 Å². The fraction of sp³-hybridized carbons (Fsp3) is 0.429. The van der Waals surface area contributed by atoms with E-state index in [9.17, 15) is 14.0 Å². The van der Waals surface area contributed by atoms with Crippen LogP contribution in [0.25, 0.3) is 0 Å². The van der Waals surface area contributed by atoms with Gasteiger partial charge in [0.25, 0.3) is 0 Å². The van der Waals surface area contributed by atoms with Gasteiger partial charge in [0.1, 0.15) is 0 Å². The molecule has 5 nitrogen and oxygen atoms in total. The highest BCUT2D eigenvalue weighted by Crippen LogP contribution is 2.26. The number of methoxy groups -OCH3 is 1. The maximum atomic E-state index is 13.2. The molecular weight excluding hydrogens is 265 g/mol. The van der Waals surface area contributed by atoms with E-state index in [0.29, 0.717) is 5.69 Å². The van der Waals surface area contributed by atoms with Crippen molar-refractivity contribution in [3.8, 4) is 5.75 Å². The highest BCUT2D eigenvalue weighted by Gasteiger charge is 2.25. The molecule has 20 heavy (non-hydrogen) atoms. The van der Waals surface area contributed by atoms with Crippen LogP contribution in [0.1, 0.15) is 26.7 Å². The second-order valence-corrected chi connectivity index (χ2v) is 5.31. The zero-order valence-electron chi connectivity index (χ0n) is 11.7. The Morgan fingerprint density at radius 3 is 2.55 bits per heavy atom. The topological polar surface area (TPSA) is 75.6 Å². The molecule has 0 heterocycles. The molecule has 0 aliphatic heterocycles. The van der Waals surface area contributed by atoms with Gasteiger partial charge in [-0.15, -0.1) is 0 Å². The normalized spacial score (nSPS) is 11.0. The summed E-state index contributed by atoms with van der Waals surface area (Å²) in [4.78, 5) is 22.5. The summed E-state index contributed by atoms with van der Waals surface area (Å²) >= 11 is 0. The number of benzene rings is 1. The minimum Gasteiger partial charge on any atom is -0.494 e. The Hall–Kier alpha value is -2.11. The molecule has 6 heteroatoms. The maximum Gasteiger partial charge on any atom is 0.303 e. The lowest BCUT2D eigenvalue weighted by Crippen LogP contribution is -2.24. The van der Waals surface area contributed by atoms with Gasteiger partial charge < -0.3 is 15.2 Å². The van der Waals surface area contributed by atoms with Gasteiger partial charge in [-0.05, 0) is 17.5 Å². The van der Waals surface area contributed by atoms with Crippen molar-refractivity contribution in [1.29, 1.82) is 0 Å². The first-order chi connectivity index (χ1) is 9.23. The summed E-state index contributed by atoms with van der Waals surface area (Å²) in [6.07, 6.45) is -0.0495. The molecule has 1 amide bonds. The molecule has 2 N–H and O–H groups in total. The second-order valence-electron chi connectivity index (χ2n) is 5.31. The van der Waals surface area contributed by atoms with Gasteiger partial charge in [0.15, 0.2) is 11.6 Å². The van der Waals surface area contributed by atoms with E-state index in [-0.39, 0.29) is 24.5 Å². The number of carbonyl (C=O) groups excluding carboxylic acids is 1. The van der Waals surface area contributed by atoms with Gasteiger partial charge in [0.05, 0.1) is 13.5 Å². The fourth-order valence-electron chi connectivity index (χ4n) is 1.85. The van der Waals surface area contributed by atoms with E-state index < -0.39 is 17.2 Å². The minimum atomic E-state index is -0.953. The number of amides is 1. The van der Waals surface area contributed by atoms with E-state index in [2.05, 4.69) is 5.32 Å². The van der Waals surface area contributed by atoms with Crippen molar-refractivity contribution in [2.45, 2.75) is 26.7 Å². The molecule has 1 aromatic carbocycles. The van der Waals surface area contributed by atoms with Gasteiger partial charge in [0, 0.05) is 18.2 Å². The van der Waals surface area contributed by atoms with E-state index in [1.165, 1.54) is 25.3 Å². The quantitative estimate of drug-likeness (QED) is 0.841. The number of ether oxygens (including phenoxy) is 1. The Balaban J connectivity index is 2.69. The van der Waals surface area contributed by atoms with Crippen LogP contribution in [0.15, 0.2) is 18.2 Å². The maximum absolute atomic E-state index is 13.2. The summed E-state index contributed by atoms with van der Waals surface area (Å²) in [5, 5.41) is 11.4. The predicted octanol–water partition coefficient (Wildman–Crippen LogP) is 2.66. The average molecular weight is 283 g/mol. The van der Waals surface area contributed by atoms with Crippen LogP contribution in [0.3, 0.4) is 0 Å². The van der Waals surface area contributed by atoms with Crippen molar-refractivity contribution in [3.63, 3.8) is 0 Å². The molecule has 0 bridgehead atoms. The summed E-state index contributed by atoms with van der Waals surface area (Å²) in [5.41, 5.74) is -0.251. The fourth-order valence-corrected chi connectivity index (χ4v) is 1.85. The zero-order valence-corrected chi connectivity index (χ0v) is 11.7. The molecule has 0 fully saturated rings. The van der Waals surface area contributed by atoms with Crippen molar-refractivity contribution >= 4 is 17.6 Å². The SMILES string of the molecule is COc1cc(NC(=O)CC(C)(C)CC(=O)O)ccc1F. The molecule has 0 atom stereocenters. The van der Waals surface area contributed by atoms with Gasteiger partial charge in [-0.3, -0.25) is 9.59 Å². The second kappa shape index (κ2) is 6.36. The number of hydrogen-bond acceptors (Lipinski definition) is 3. The van der Waals surface area contributed by atoms with Crippen molar-refractivity contribution in [3.05, 3.63) is 24.0 Å². The molecule has 0 spiro atoms. The number of rotatable bonds is 6. The first kappa shape index (κ1) is 15.9. The van der Waals surface area contributed by atoms with E-state index >= 15 is 0 Å². The van der Waals surface area contributed by atoms with Crippen LogP contribution in [0.5, 0.6) is 5.75 Å². The molecular formula is C14H18FNO4. The Morgan fingerprint density at radius 2 is 2.00 bits per heavy atom. The Labute approximate surface area is 116 Å². The van der Waals surface area contributed by atoms with Crippen molar-refractivity contribution in [2.24, 2.45) is 5.41 Å². The van der Waals surface area contributed by atoms with Crippen LogP contribution >= 0.6 is 0 Å². The summed E-state index contributed by atoms with van der Waals surface area (Å²) in [6.45, 7) is 3.40. The summed E-state index contributed by atoms with van der Waals surface area (Å²) in [7, 11) is 1.33. The Bertz CT molecular complexity index is 514. The van der Waals surface area contributed by atoms with E-state index in [1.54, 1.807) is 13.8 Å². The number of nitrogens with one attached hydrogen (secondary N) is 1. The largest absolute Gasteiger partial charge is 0.494 e. The molecule has 0 saturated heterocycles. The number of carboxylic acid groups (broad SMARTS) is 1. The number of hydrogen-bond donors (Lipinski definition) is 2. The van der Waals surface area contributed by atoms with E-state index in [1.807, 2.05) is 0 Å². The van der Waals surface area contributed by atoms with Gasteiger partial charge >= 0.3 is 5.97 Å². The molecule has 0 aliphatic carbocycles. The number of aliphatic carboxylic acids is 1. The van der Waals surface area contributed by atoms with Crippen LogP contribution < -0.4 is 10.1 Å². The van der Waals surface area contributed by atoms with Crippen LogP contribution in [0, 0.1) is 11.2 Å². The van der Waals surface area contributed by atoms with Gasteiger partial charge in [-0.2, -0.15) is 0 Å². The van der Waals surface area contributed by atoms with Crippen molar-refractivity contribution in [2.75, 3.05) is 12.4 Å².